The van der Waals surface area contributed by atoms with Gasteiger partial charge in [-0.3, -0.25) is 9.59 Å². The number of hydrogen-bond donors (Lipinski definition) is 0. The van der Waals surface area contributed by atoms with Gasteiger partial charge in [-0.25, -0.2) is 0 Å². The zero-order chi connectivity index (χ0) is 11.7. The minimum Gasteiger partial charge on any atom is -0.293 e. The van der Waals surface area contributed by atoms with E-state index < -0.39 is 17.5 Å². The van der Waals surface area contributed by atoms with Crippen molar-refractivity contribution in [3.63, 3.8) is 0 Å². The van der Waals surface area contributed by atoms with Crippen molar-refractivity contribution in [3.05, 3.63) is 41.3 Å². The lowest BCUT2D eigenvalue weighted by molar-refractivity contribution is 0.0858. The Kier molecular flexibility index (Phi) is 2.27. The summed E-state index contributed by atoms with van der Waals surface area (Å²) in [5.41, 5.74) is 0.584. The van der Waals surface area contributed by atoms with E-state index >= 15 is 0 Å². The molecule has 1 aromatic carbocycles. The smallest absolute Gasteiger partial charge is 0.193 e. The molecule has 0 spiro atoms. The molecule has 4 nitrogen and oxygen atoms in total. The Bertz CT molecular complexity index is 514. The summed E-state index contributed by atoms with van der Waals surface area (Å²) in [7, 11) is 0. The van der Waals surface area contributed by atoms with Crippen LogP contribution in [0.1, 0.15) is 20.7 Å². The number of benzene rings is 1. The van der Waals surface area contributed by atoms with Crippen LogP contribution in [0.5, 0.6) is 0 Å². The summed E-state index contributed by atoms with van der Waals surface area (Å²) in [4.78, 5) is 23.6. The SMILES string of the molecule is N#C[C](C#N)C1C(=O)c2ccccc2C1=O. The minimum absolute atomic E-state index is 0.292. The van der Waals surface area contributed by atoms with E-state index in [4.69, 9.17) is 10.5 Å². The molecule has 0 heterocycles. The van der Waals surface area contributed by atoms with Crippen LogP contribution in [0.25, 0.3) is 0 Å². The Morgan fingerprint density at radius 1 is 1.00 bits per heavy atom. The quantitative estimate of drug-likeness (QED) is 0.653. The van der Waals surface area contributed by atoms with Crippen molar-refractivity contribution in [1.29, 1.82) is 10.5 Å². The number of Topliss-reactive ketones (excluding diaryl/α,β-unsaturated/α-hetero) is 2. The van der Waals surface area contributed by atoms with Crippen LogP contribution in [0, 0.1) is 34.5 Å². The first-order valence-electron chi connectivity index (χ1n) is 4.55. The van der Waals surface area contributed by atoms with Gasteiger partial charge in [0.15, 0.2) is 17.5 Å². The molecule has 75 valence electrons. The van der Waals surface area contributed by atoms with Crippen molar-refractivity contribution in [2.45, 2.75) is 0 Å². The van der Waals surface area contributed by atoms with Gasteiger partial charge >= 0.3 is 0 Å². The number of hydrogen-bond acceptors (Lipinski definition) is 4. The first-order valence-corrected chi connectivity index (χ1v) is 4.55. The second kappa shape index (κ2) is 3.60. The molecule has 4 heteroatoms. The number of fused-ring (bicyclic) bond motifs is 1. The van der Waals surface area contributed by atoms with Crippen LogP contribution in [-0.2, 0) is 0 Å². The van der Waals surface area contributed by atoms with E-state index in [0.29, 0.717) is 11.1 Å². The van der Waals surface area contributed by atoms with Crippen LogP contribution in [-0.4, -0.2) is 11.6 Å². The average molecular weight is 209 g/mol. The molecule has 1 aliphatic carbocycles. The Morgan fingerprint density at radius 3 is 1.81 bits per heavy atom. The molecule has 0 aromatic heterocycles. The topological polar surface area (TPSA) is 81.7 Å². The van der Waals surface area contributed by atoms with Crippen LogP contribution in [0.3, 0.4) is 0 Å². The van der Waals surface area contributed by atoms with E-state index in [1.807, 2.05) is 0 Å². The number of rotatable bonds is 1. The van der Waals surface area contributed by atoms with Crippen LogP contribution in [0.15, 0.2) is 24.3 Å². The molecule has 0 fully saturated rings. The fraction of sp³-hybridized carbons (Fsp3) is 0.0833. The number of ketones is 2. The summed E-state index contributed by atoms with van der Waals surface area (Å²) in [5, 5.41) is 17.4. The van der Waals surface area contributed by atoms with E-state index in [1.54, 1.807) is 24.3 Å². The number of carbonyl (C=O) groups excluding carboxylic acids is 2. The molecule has 16 heavy (non-hydrogen) atoms. The van der Waals surface area contributed by atoms with E-state index in [9.17, 15) is 9.59 Å². The predicted octanol–water partition coefficient (Wildman–Crippen LogP) is 1.30. The van der Waals surface area contributed by atoms with E-state index in [-0.39, 0.29) is 5.92 Å². The Hall–Kier alpha value is -2.46. The molecule has 1 radical (unpaired) electrons. The summed E-state index contributed by atoms with van der Waals surface area (Å²) >= 11 is 0. The van der Waals surface area contributed by atoms with Crippen molar-refractivity contribution in [3.8, 4) is 12.1 Å². The van der Waals surface area contributed by atoms with Gasteiger partial charge in [-0.05, 0) is 0 Å². The predicted molar refractivity (Wildman–Crippen MR) is 53.1 cm³/mol. The van der Waals surface area contributed by atoms with Crippen LogP contribution in [0.4, 0.5) is 0 Å². The highest BCUT2D eigenvalue weighted by Gasteiger charge is 2.44. The molecule has 0 bridgehead atoms. The van der Waals surface area contributed by atoms with Crippen LogP contribution >= 0.6 is 0 Å². The summed E-state index contributed by atoms with van der Waals surface area (Å²) in [6, 6.07) is 9.55. The van der Waals surface area contributed by atoms with Gasteiger partial charge in [-0.15, -0.1) is 0 Å². The first-order chi connectivity index (χ1) is 7.70. The van der Waals surface area contributed by atoms with E-state index in [1.165, 1.54) is 12.1 Å². The lowest BCUT2D eigenvalue weighted by atomic mass is 9.90. The van der Waals surface area contributed by atoms with Crippen LogP contribution in [0.2, 0.25) is 0 Å². The van der Waals surface area contributed by atoms with Gasteiger partial charge in [0, 0.05) is 11.1 Å². The molecule has 0 N–H and O–H groups in total. The van der Waals surface area contributed by atoms with Gasteiger partial charge < -0.3 is 0 Å². The highest BCUT2D eigenvalue weighted by Crippen LogP contribution is 2.31. The largest absolute Gasteiger partial charge is 0.293 e. The average Bonchev–Trinajstić information content (AvgIpc) is 2.57. The standard InChI is InChI=1S/C12H5N2O2/c13-5-7(6-14)10-11(15)8-3-1-2-4-9(8)12(10)16/h1-4,10H. The maximum absolute atomic E-state index is 11.8. The Labute approximate surface area is 91.7 Å². The summed E-state index contributed by atoms with van der Waals surface area (Å²) in [6.45, 7) is 0. The van der Waals surface area contributed by atoms with Gasteiger partial charge in [-0.2, -0.15) is 10.5 Å². The Morgan fingerprint density at radius 2 is 1.44 bits per heavy atom. The summed E-state index contributed by atoms with van der Waals surface area (Å²) in [5.74, 6) is -2.49. The van der Waals surface area contributed by atoms with Gasteiger partial charge in [0.05, 0.1) is 12.1 Å². The molecular formula is C12H5N2O2. The molecule has 0 unspecified atom stereocenters. The molecule has 1 aromatic rings. The second-order valence-corrected chi connectivity index (χ2v) is 3.34. The Balaban J connectivity index is 2.52. The van der Waals surface area contributed by atoms with Crippen molar-refractivity contribution in [1.82, 2.24) is 0 Å². The van der Waals surface area contributed by atoms with Crippen molar-refractivity contribution in [2.24, 2.45) is 5.92 Å². The molecule has 0 atom stereocenters. The van der Waals surface area contributed by atoms with Gasteiger partial charge in [0.2, 0.25) is 0 Å². The molecule has 0 saturated carbocycles. The summed E-state index contributed by atoms with van der Waals surface area (Å²) < 4.78 is 0. The third kappa shape index (κ3) is 1.21. The third-order valence-corrected chi connectivity index (χ3v) is 2.51. The lowest BCUT2D eigenvalue weighted by Crippen LogP contribution is -2.21. The minimum atomic E-state index is -1.23. The molecule has 0 saturated heterocycles. The summed E-state index contributed by atoms with van der Waals surface area (Å²) in [6.07, 6.45) is 0. The molecule has 1 aliphatic rings. The highest BCUT2D eigenvalue weighted by molar-refractivity contribution is 6.28. The zero-order valence-corrected chi connectivity index (χ0v) is 8.10. The first kappa shape index (κ1) is 10.1. The molecule has 2 rings (SSSR count). The second-order valence-electron chi connectivity index (χ2n) is 3.34. The van der Waals surface area contributed by atoms with Gasteiger partial charge in [0.25, 0.3) is 0 Å². The van der Waals surface area contributed by atoms with Crippen molar-refractivity contribution >= 4 is 11.6 Å². The molecule has 0 amide bonds. The number of nitriles is 2. The monoisotopic (exact) mass is 209 g/mol. The van der Waals surface area contributed by atoms with Gasteiger partial charge in [-0.1, -0.05) is 24.3 Å². The zero-order valence-electron chi connectivity index (χ0n) is 8.10. The number of carbonyl (C=O) groups is 2. The van der Waals surface area contributed by atoms with Crippen LogP contribution < -0.4 is 0 Å². The maximum atomic E-state index is 11.8. The van der Waals surface area contributed by atoms with Crippen molar-refractivity contribution in [2.75, 3.05) is 0 Å². The maximum Gasteiger partial charge on any atom is 0.193 e. The lowest BCUT2D eigenvalue weighted by Gasteiger charge is -2.03. The fourth-order valence-corrected chi connectivity index (χ4v) is 1.76. The van der Waals surface area contributed by atoms with E-state index in [0.717, 1.165) is 0 Å². The van der Waals surface area contributed by atoms with Gasteiger partial charge in [0.1, 0.15) is 5.92 Å². The molecular weight excluding hydrogens is 204 g/mol. The molecule has 0 aliphatic heterocycles. The highest BCUT2D eigenvalue weighted by atomic mass is 16.2. The number of nitrogens with zero attached hydrogens (tertiary/aromatic N) is 2. The third-order valence-electron chi connectivity index (χ3n) is 2.51. The normalized spacial score (nSPS) is 14.7. The van der Waals surface area contributed by atoms with Crippen molar-refractivity contribution < 1.29 is 9.59 Å². The van der Waals surface area contributed by atoms with E-state index in [2.05, 4.69) is 0 Å². The fourth-order valence-electron chi connectivity index (χ4n) is 1.76.